The number of benzene rings is 2. The molecule has 1 aliphatic carbocycles. The first kappa shape index (κ1) is 16.6. The highest BCUT2D eigenvalue weighted by molar-refractivity contribution is 9.10. The Morgan fingerprint density at radius 2 is 1.78 bits per heavy atom. The van der Waals surface area contributed by atoms with Crippen molar-refractivity contribution >= 4 is 21.7 Å². The Morgan fingerprint density at radius 3 is 2.59 bits per heavy atom. The Labute approximate surface area is 165 Å². The van der Waals surface area contributed by atoms with Gasteiger partial charge in [0.15, 0.2) is 17.3 Å². The molecule has 0 N–H and O–H groups in total. The second-order valence-electron chi connectivity index (χ2n) is 7.21. The molecule has 1 unspecified atom stereocenters. The first-order valence-corrected chi connectivity index (χ1v) is 9.83. The van der Waals surface area contributed by atoms with Gasteiger partial charge in [0.2, 0.25) is 6.79 Å². The summed E-state index contributed by atoms with van der Waals surface area (Å²) in [6.45, 7) is 2.38. The van der Waals surface area contributed by atoms with Crippen LogP contribution in [-0.2, 0) is 6.42 Å². The molecule has 0 saturated carbocycles. The maximum Gasteiger partial charge on any atom is 0.231 e. The molecule has 2 heterocycles. The van der Waals surface area contributed by atoms with Gasteiger partial charge >= 0.3 is 0 Å². The van der Waals surface area contributed by atoms with Gasteiger partial charge in [-0.05, 0) is 48.2 Å². The number of ether oxygens (including phenoxy) is 2. The van der Waals surface area contributed by atoms with E-state index in [4.69, 9.17) is 9.47 Å². The first-order valence-electron chi connectivity index (χ1n) is 9.04. The van der Waals surface area contributed by atoms with E-state index in [2.05, 4.69) is 39.6 Å². The molecule has 1 aromatic heterocycles. The van der Waals surface area contributed by atoms with Crippen molar-refractivity contribution in [3.8, 4) is 28.4 Å². The third-order valence-electron chi connectivity index (χ3n) is 5.23. The standard InChI is InChI=1S/C22H18BrNO3/c1-13-8-19-17(20(25)9-13)11-18(14-2-4-15(23)5-3-14)24(19)16-6-7-21-22(10-16)27-12-26-21/h2-7,10-11,13H,8-9,12H2,1H3. The molecule has 27 heavy (non-hydrogen) atoms. The maximum absolute atomic E-state index is 12.7. The number of Topliss-reactive ketones (excluding diaryl/α,β-unsaturated/α-hetero) is 1. The Hall–Kier alpha value is -2.53. The molecule has 0 saturated heterocycles. The average molecular weight is 424 g/mol. The summed E-state index contributed by atoms with van der Waals surface area (Å²) < 4.78 is 14.3. The Morgan fingerprint density at radius 1 is 1.00 bits per heavy atom. The summed E-state index contributed by atoms with van der Waals surface area (Å²) in [7, 11) is 0. The Balaban J connectivity index is 1.75. The minimum atomic E-state index is 0.224. The van der Waals surface area contributed by atoms with E-state index in [1.54, 1.807) is 0 Å². The molecule has 4 nitrogen and oxygen atoms in total. The highest BCUT2D eigenvalue weighted by Gasteiger charge is 2.29. The molecule has 1 aliphatic heterocycles. The van der Waals surface area contributed by atoms with Crippen LogP contribution in [0.1, 0.15) is 29.4 Å². The number of fused-ring (bicyclic) bond motifs is 2. The Kier molecular flexibility index (Phi) is 3.86. The van der Waals surface area contributed by atoms with Crippen molar-refractivity contribution < 1.29 is 14.3 Å². The van der Waals surface area contributed by atoms with Gasteiger partial charge < -0.3 is 14.0 Å². The topological polar surface area (TPSA) is 40.5 Å². The van der Waals surface area contributed by atoms with Crippen molar-refractivity contribution in [3.63, 3.8) is 0 Å². The summed E-state index contributed by atoms with van der Waals surface area (Å²) in [4.78, 5) is 12.7. The summed E-state index contributed by atoms with van der Waals surface area (Å²) in [5, 5.41) is 0. The van der Waals surface area contributed by atoms with Gasteiger partial charge in [0.25, 0.3) is 0 Å². The van der Waals surface area contributed by atoms with Crippen molar-refractivity contribution in [1.82, 2.24) is 4.57 Å². The third-order valence-corrected chi connectivity index (χ3v) is 5.76. The van der Waals surface area contributed by atoms with E-state index < -0.39 is 0 Å². The molecule has 3 aromatic rings. The van der Waals surface area contributed by atoms with Gasteiger partial charge in [0.1, 0.15) is 0 Å². The van der Waals surface area contributed by atoms with Gasteiger partial charge in [-0.15, -0.1) is 0 Å². The lowest BCUT2D eigenvalue weighted by Crippen LogP contribution is -2.19. The lowest BCUT2D eigenvalue weighted by atomic mass is 9.88. The van der Waals surface area contributed by atoms with Crippen LogP contribution in [0.4, 0.5) is 0 Å². The molecule has 5 rings (SSSR count). The van der Waals surface area contributed by atoms with Gasteiger partial charge in [-0.1, -0.05) is 35.0 Å². The number of nitrogens with zero attached hydrogens (tertiary/aromatic N) is 1. The molecule has 5 heteroatoms. The molecule has 0 fully saturated rings. The second kappa shape index (κ2) is 6.27. The van der Waals surface area contributed by atoms with Crippen molar-refractivity contribution in [3.05, 3.63) is 64.3 Å². The van der Waals surface area contributed by atoms with E-state index in [1.807, 2.05) is 36.4 Å². The quantitative estimate of drug-likeness (QED) is 0.553. The number of carbonyl (C=O) groups is 1. The number of hydrogen-bond donors (Lipinski definition) is 0. The summed E-state index contributed by atoms with van der Waals surface area (Å²) >= 11 is 3.50. The lowest BCUT2D eigenvalue weighted by Gasteiger charge is -2.21. The van der Waals surface area contributed by atoms with Crippen molar-refractivity contribution in [1.29, 1.82) is 0 Å². The van der Waals surface area contributed by atoms with E-state index in [0.29, 0.717) is 12.3 Å². The minimum absolute atomic E-state index is 0.224. The fourth-order valence-electron chi connectivity index (χ4n) is 3.97. The fraction of sp³-hybridized carbons (Fsp3) is 0.227. The largest absolute Gasteiger partial charge is 0.454 e. The molecular weight excluding hydrogens is 406 g/mol. The molecule has 2 aliphatic rings. The van der Waals surface area contributed by atoms with Gasteiger partial charge in [0.05, 0.1) is 5.69 Å². The van der Waals surface area contributed by atoms with Crippen LogP contribution in [0.2, 0.25) is 0 Å². The normalized spacial score (nSPS) is 17.9. The zero-order valence-electron chi connectivity index (χ0n) is 14.9. The van der Waals surface area contributed by atoms with Crippen LogP contribution in [0.5, 0.6) is 11.5 Å². The smallest absolute Gasteiger partial charge is 0.231 e. The predicted octanol–water partition coefficient (Wildman–Crippen LogP) is 5.40. The molecule has 0 spiro atoms. The fourth-order valence-corrected chi connectivity index (χ4v) is 4.24. The average Bonchev–Trinajstić information content (AvgIpc) is 3.26. The molecule has 0 amide bonds. The highest BCUT2D eigenvalue weighted by Crippen LogP contribution is 2.39. The van der Waals surface area contributed by atoms with Crippen LogP contribution >= 0.6 is 15.9 Å². The molecule has 136 valence electrons. The van der Waals surface area contributed by atoms with E-state index in [-0.39, 0.29) is 12.6 Å². The SMILES string of the molecule is CC1CC(=O)c2cc(-c3ccc(Br)cc3)n(-c3ccc4c(c3)OCO4)c2C1. The van der Waals surface area contributed by atoms with Crippen molar-refractivity contribution in [2.45, 2.75) is 19.8 Å². The molecule has 2 aromatic carbocycles. The van der Waals surface area contributed by atoms with E-state index in [9.17, 15) is 4.79 Å². The molecule has 0 radical (unpaired) electrons. The highest BCUT2D eigenvalue weighted by atomic mass is 79.9. The van der Waals surface area contributed by atoms with Crippen LogP contribution in [0, 0.1) is 5.92 Å². The van der Waals surface area contributed by atoms with E-state index in [1.165, 1.54) is 0 Å². The summed E-state index contributed by atoms with van der Waals surface area (Å²) in [5.41, 5.74) is 5.00. The molecule has 1 atom stereocenters. The number of halogens is 1. The summed E-state index contributed by atoms with van der Waals surface area (Å²) in [6.07, 6.45) is 1.49. The zero-order valence-corrected chi connectivity index (χ0v) is 16.5. The molecular formula is C22H18BrNO3. The second-order valence-corrected chi connectivity index (χ2v) is 8.12. The number of carbonyl (C=O) groups excluding carboxylic acids is 1. The monoisotopic (exact) mass is 423 g/mol. The van der Waals surface area contributed by atoms with Gasteiger partial charge in [-0.25, -0.2) is 0 Å². The van der Waals surface area contributed by atoms with Crippen LogP contribution in [-0.4, -0.2) is 17.1 Å². The lowest BCUT2D eigenvalue weighted by molar-refractivity contribution is 0.0952. The summed E-state index contributed by atoms with van der Waals surface area (Å²) in [5.74, 6) is 2.06. The number of rotatable bonds is 2. The van der Waals surface area contributed by atoms with E-state index >= 15 is 0 Å². The molecule has 0 bridgehead atoms. The van der Waals surface area contributed by atoms with Crippen molar-refractivity contribution in [2.24, 2.45) is 5.92 Å². The van der Waals surface area contributed by atoms with Gasteiger partial charge in [0, 0.05) is 33.9 Å². The Bertz CT molecular complexity index is 1050. The van der Waals surface area contributed by atoms with Crippen LogP contribution in [0.25, 0.3) is 16.9 Å². The summed E-state index contributed by atoms with van der Waals surface area (Å²) in [6, 6.07) is 16.2. The number of aromatic nitrogens is 1. The van der Waals surface area contributed by atoms with Crippen molar-refractivity contribution in [2.75, 3.05) is 6.79 Å². The van der Waals surface area contributed by atoms with Crippen LogP contribution < -0.4 is 9.47 Å². The number of ketones is 1. The number of hydrogen-bond acceptors (Lipinski definition) is 3. The predicted molar refractivity (Wildman–Crippen MR) is 107 cm³/mol. The van der Waals surface area contributed by atoms with Crippen LogP contribution in [0.15, 0.2) is 53.0 Å². The first-order chi connectivity index (χ1) is 13.1. The van der Waals surface area contributed by atoms with Gasteiger partial charge in [-0.2, -0.15) is 0 Å². The maximum atomic E-state index is 12.7. The zero-order chi connectivity index (χ0) is 18.5. The van der Waals surface area contributed by atoms with Crippen LogP contribution in [0.3, 0.4) is 0 Å². The third kappa shape index (κ3) is 2.77. The minimum Gasteiger partial charge on any atom is -0.454 e. The van der Waals surface area contributed by atoms with Gasteiger partial charge in [-0.3, -0.25) is 4.79 Å². The van der Waals surface area contributed by atoms with E-state index in [0.717, 1.165) is 50.6 Å².